The monoisotopic (exact) mass is 285 g/mol. The van der Waals surface area contributed by atoms with Crippen molar-refractivity contribution in [3.05, 3.63) is 23.0 Å². The lowest BCUT2D eigenvalue weighted by atomic mass is 10.1. The van der Waals surface area contributed by atoms with E-state index in [-0.39, 0.29) is 6.20 Å². The maximum atomic E-state index is 12.6. The Morgan fingerprint density at radius 3 is 2.42 bits per heavy atom. The average molecular weight is 285 g/mol. The summed E-state index contributed by atoms with van der Waals surface area (Å²) in [6, 6.07) is 0. The molecule has 0 aromatic carbocycles. The molecule has 0 unspecified atom stereocenters. The van der Waals surface area contributed by atoms with Crippen molar-refractivity contribution in [2.75, 3.05) is 7.11 Å². The summed E-state index contributed by atoms with van der Waals surface area (Å²) in [4.78, 5) is 13.6. The van der Waals surface area contributed by atoms with E-state index < -0.39 is 47.6 Å². The molecular formula is C10H8F5NO3. The molecule has 1 N–H and O–H groups in total. The summed E-state index contributed by atoms with van der Waals surface area (Å²) >= 11 is 0. The average Bonchev–Trinajstić information content (AvgIpc) is 2.25. The third kappa shape index (κ3) is 3.30. The maximum Gasteiger partial charge on any atom is 0.421 e. The highest BCUT2D eigenvalue weighted by Gasteiger charge is 2.38. The Hall–Kier alpha value is -1.93. The Labute approximate surface area is 103 Å². The number of ether oxygens (including phenoxy) is 1. The standard InChI is InChI=1S/C10H8F5NO3/c1-19-8-4(2-6(17)18)7(9(11)12)16-3-5(8)10(13,14)15/h3,9H,2H2,1H3,(H,17,18). The Kier molecular flexibility index (Phi) is 4.28. The second-order valence-electron chi connectivity index (χ2n) is 3.44. The number of aromatic nitrogens is 1. The molecule has 0 saturated carbocycles. The lowest BCUT2D eigenvalue weighted by Gasteiger charge is -2.17. The number of carbonyl (C=O) groups is 1. The van der Waals surface area contributed by atoms with E-state index in [9.17, 15) is 26.7 Å². The normalized spacial score (nSPS) is 11.7. The van der Waals surface area contributed by atoms with E-state index >= 15 is 0 Å². The van der Waals surface area contributed by atoms with E-state index in [4.69, 9.17) is 5.11 Å². The topological polar surface area (TPSA) is 59.4 Å². The van der Waals surface area contributed by atoms with E-state index in [1.54, 1.807) is 0 Å². The molecule has 0 fully saturated rings. The first kappa shape index (κ1) is 15.1. The van der Waals surface area contributed by atoms with Gasteiger partial charge in [-0.25, -0.2) is 8.78 Å². The fourth-order valence-electron chi connectivity index (χ4n) is 1.49. The van der Waals surface area contributed by atoms with Crippen molar-refractivity contribution in [1.82, 2.24) is 4.98 Å². The van der Waals surface area contributed by atoms with Crippen LogP contribution in [-0.2, 0) is 17.4 Å². The molecule has 0 atom stereocenters. The minimum absolute atomic E-state index is 0.200. The van der Waals surface area contributed by atoms with Gasteiger partial charge in [0, 0.05) is 11.8 Å². The Morgan fingerprint density at radius 2 is 2.05 bits per heavy atom. The predicted molar refractivity (Wildman–Crippen MR) is 52.1 cm³/mol. The molecule has 0 aliphatic rings. The van der Waals surface area contributed by atoms with E-state index in [0.29, 0.717) is 0 Å². The first-order valence-electron chi connectivity index (χ1n) is 4.81. The van der Waals surface area contributed by atoms with Crippen LogP contribution in [-0.4, -0.2) is 23.2 Å². The lowest BCUT2D eigenvalue weighted by Crippen LogP contribution is -2.15. The highest BCUT2D eigenvalue weighted by Crippen LogP contribution is 2.40. The SMILES string of the molecule is COc1c(C(F)(F)F)cnc(C(F)F)c1CC(=O)O. The Morgan fingerprint density at radius 1 is 1.47 bits per heavy atom. The third-order valence-electron chi connectivity index (χ3n) is 2.20. The second kappa shape index (κ2) is 5.37. The molecular weight excluding hydrogens is 277 g/mol. The van der Waals surface area contributed by atoms with Crippen molar-refractivity contribution in [2.45, 2.75) is 19.0 Å². The number of carboxylic acids is 1. The van der Waals surface area contributed by atoms with Gasteiger partial charge in [-0.05, 0) is 0 Å². The van der Waals surface area contributed by atoms with Crippen molar-refractivity contribution in [3.63, 3.8) is 0 Å². The molecule has 0 saturated heterocycles. The molecule has 0 radical (unpaired) electrons. The summed E-state index contributed by atoms with van der Waals surface area (Å²) in [6.45, 7) is 0. The second-order valence-corrected chi connectivity index (χ2v) is 3.44. The molecule has 9 heteroatoms. The minimum atomic E-state index is -4.88. The van der Waals surface area contributed by atoms with E-state index in [1.807, 2.05) is 0 Å². The number of hydrogen-bond acceptors (Lipinski definition) is 3. The molecule has 0 spiro atoms. The number of alkyl halides is 5. The minimum Gasteiger partial charge on any atom is -0.496 e. The lowest BCUT2D eigenvalue weighted by molar-refractivity contribution is -0.140. The van der Waals surface area contributed by atoms with Gasteiger partial charge in [-0.1, -0.05) is 0 Å². The zero-order valence-electron chi connectivity index (χ0n) is 9.46. The van der Waals surface area contributed by atoms with Crippen LogP contribution in [0, 0.1) is 0 Å². The van der Waals surface area contributed by atoms with Crippen LogP contribution in [0.4, 0.5) is 22.0 Å². The van der Waals surface area contributed by atoms with Crippen LogP contribution in [0.3, 0.4) is 0 Å². The van der Waals surface area contributed by atoms with Gasteiger partial charge in [-0.3, -0.25) is 9.78 Å². The summed E-state index contributed by atoms with van der Waals surface area (Å²) in [5.41, 5.74) is -3.21. The Balaban J connectivity index is 3.54. The zero-order valence-corrected chi connectivity index (χ0v) is 9.46. The largest absolute Gasteiger partial charge is 0.496 e. The number of aliphatic carboxylic acids is 1. The van der Waals surface area contributed by atoms with Gasteiger partial charge in [0.05, 0.1) is 13.5 Å². The molecule has 19 heavy (non-hydrogen) atoms. The van der Waals surface area contributed by atoms with Gasteiger partial charge >= 0.3 is 12.1 Å². The smallest absolute Gasteiger partial charge is 0.421 e. The summed E-state index contributed by atoms with van der Waals surface area (Å²) in [6.07, 6.45) is -8.93. The van der Waals surface area contributed by atoms with Crippen LogP contribution in [0.2, 0.25) is 0 Å². The van der Waals surface area contributed by atoms with Crippen LogP contribution in [0.1, 0.15) is 23.2 Å². The quantitative estimate of drug-likeness (QED) is 0.864. The molecule has 4 nitrogen and oxygen atoms in total. The fraction of sp³-hybridized carbons (Fsp3) is 0.400. The number of carboxylic acid groups (broad SMARTS) is 1. The van der Waals surface area contributed by atoms with Crippen LogP contribution < -0.4 is 4.74 Å². The molecule has 1 rings (SSSR count). The van der Waals surface area contributed by atoms with Gasteiger partial charge < -0.3 is 9.84 Å². The summed E-state index contributed by atoms with van der Waals surface area (Å²) in [5.74, 6) is -2.51. The zero-order chi connectivity index (χ0) is 14.8. The molecule has 0 bridgehead atoms. The maximum absolute atomic E-state index is 12.6. The first-order chi connectivity index (χ1) is 8.68. The molecule has 0 aliphatic heterocycles. The molecule has 0 aliphatic carbocycles. The van der Waals surface area contributed by atoms with Crippen molar-refractivity contribution in [2.24, 2.45) is 0 Å². The van der Waals surface area contributed by atoms with E-state index in [2.05, 4.69) is 9.72 Å². The molecule has 1 aromatic rings. The van der Waals surface area contributed by atoms with Crippen LogP contribution in [0.25, 0.3) is 0 Å². The van der Waals surface area contributed by atoms with Gasteiger partial charge in [0.25, 0.3) is 6.43 Å². The summed E-state index contributed by atoms with van der Waals surface area (Å²) in [5, 5.41) is 8.58. The number of rotatable bonds is 4. The van der Waals surface area contributed by atoms with Crippen molar-refractivity contribution >= 4 is 5.97 Å². The highest BCUT2D eigenvalue weighted by atomic mass is 19.4. The molecule has 106 valence electrons. The van der Waals surface area contributed by atoms with Crippen molar-refractivity contribution in [1.29, 1.82) is 0 Å². The van der Waals surface area contributed by atoms with Crippen LogP contribution in [0.5, 0.6) is 5.75 Å². The first-order valence-corrected chi connectivity index (χ1v) is 4.81. The van der Waals surface area contributed by atoms with Gasteiger partial charge in [-0.2, -0.15) is 13.2 Å². The van der Waals surface area contributed by atoms with Crippen molar-refractivity contribution in [3.8, 4) is 5.75 Å². The van der Waals surface area contributed by atoms with Crippen LogP contribution >= 0.6 is 0 Å². The third-order valence-corrected chi connectivity index (χ3v) is 2.20. The van der Waals surface area contributed by atoms with Gasteiger partial charge in [-0.15, -0.1) is 0 Å². The molecule has 0 amide bonds. The Bertz CT molecular complexity index is 487. The number of methoxy groups -OCH3 is 1. The van der Waals surface area contributed by atoms with Crippen LogP contribution in [0.15, 0.2) is 6.20 Å². The van der Waals surface area contributed by atoms with Gasteiger partial charge in [0.15, 0.2) is 0 Å². The van der Waals surface area contributed by atoms with E-state index in [1.165, 1.54) is 0 Å². The predicted octanol–water partition coefficient (Wildman–Crippen LogP) is 2.67. The molecule has 1 aromatic heterocycles. The highest BCUT2D eigenvalue weighted by molar-refractivity contribution is 5.72. The van der Waals surface area contributed by atoms with Gasteiger partial charge in [0.2, 0.25) is 0 Å². The van der Waals surface area contributed by atoms with Crippen molar-refractivity contribution < 1.29 is 36.6 Å². The number of halogens is 5. The summed E-state index contributed by atoms with van der Waals surface area (Å²) in [7, 11) is 0.838. The summed E-state index contributed by atoms with van der Waals surface area (Å²) < 4.78 is 67.6. The number of nitrogens with zero attached hydrogens (tertiary/aromatic N) is 1. The fourth-order valence-corrected chi connectivity index (χ4v) is 1.49. The number of pyridine rings is 1. The molecule has 1 heterocycles. The van der Waals surface area contributed by atoms with Gasteiger partial charge in [0.1, 0.15) is 17.0 Å². The van der Waals surface area contributed by atoms with E-state index in [0.717, 1.165) is 7.11 Å². The number of hydrogen-bond donors (Lipinski definition) is 1.